The number of carbonyl (C=O) groups is 2. The maximum absolute atomic E-state index is 11.5. The van der Waals surface area contributed by atoms with E-state index in [0.717, 1.165) is 0 Å². The molecule has 0 saturated heterocycles. The van der Waals surface area contributed by atoms with E-state index in [9.17, 15) is 9.59 Å². The van der Waals surface area contributed by atoms with E-state index >= 15 is 0 Å². The summed E-state index contributed by atoms with van der Waals surface area (Å²) in [4.78, 5) is 22.4. The molecule has 4 heteroatoms. The summed E-state index contributed by atoms with van der Waals surface area (Å²) in [5.41, 5.74) is -0.790. The van der Waals surface area contributed by atoms with Gasteiger partial charge < -0.3 is 9.84 Å². The van der Waals surface area contributed by atoms with E-state index in [-0.39, 0.29) is 29.8 Å². The van der Waals surface area contributed by atoms with Crippen LogP contribution in [0.25, 0.3) is 0 Å². The summed E-state index contributed by atoms with van der Waals surface area (Å²) >= 11 is 0. The summed E-state index contributed by atoms with van der Waals surface area (Å²) < 4.78 is 5.14. The molecule has 0 heterocycles. The minimum absolute atomic E-state index is 0.0590. The van der Waals surface area contributed by atoms with Crippen molar-refractivity contribution >= 4 is 11.9 Å². The van der Waals surface area contributed by atoms with Gasteiger partial charge in [-0.3, -0.25) is 9.59 Å². The van der Waals surface area contributed by atoms with Crippen LogP contribution in [0.15, 0.2) is 0 Å². The lowest BCUT2D eigenvalue weighted by Crippen LogP contribution is -2.24. The van der Waals surface area contributed by atoms with Crippen LogP contribution >= 0.6 is 0 Å². The molecule has 0 aliphatic heterocycles. The van der Waals surface area contributed by atoms with E-state index in [1.807, 2.05) is 13.8 Å². The fraction of sp³-hybridized carbons (Fsp3) is 0.833. The lowest BCUT2D eigenvalue weighted by molar-refractivity contribution is -0.154. The van der Waals surface area contributed by atoms with Gasteiger partial charge in [-0.15, -0.1) is 0 Å². The molecule has 0 amide bonds. The standard InChI is InChI=1S/C12H20O4/c1-11(2,3)10(15)16-6-7-8(9(13)14)12(7,4)5/h7-8H,6H2,1-5H3,(H,13,14). The van der Waals surface area contributed by atoms with Crippen LogP contribution in [0.5, 0.6) is 0 Å². The van der Waals surface area contributed by atoms with Crippen LogP contribution < -0.4 is 0 Å². The Hall–Kier alpha value is -1.06. The van der Waals surface area contributed by atoms with Gasteiger partial charge in [0.05, 0.1) is 17.9 Å². The van der Waals surface area contributed by atoms with Gasteiger partial charge in [-0.1, -0.05) is 13.8 Å². The van der Waals surface area contributed by atoms with Crippen molar-refractivity contribution in [3.05, 3.63) is 0 Å². The second-order valence-electron chi connectivity index (χ2n) is 6.09. The molecule has 4 nitrogen and oxygen atoms in total. The van der Waals surface area contributed by atoms with Crippen LogP contribution in [0.2, 0.25) is 0 Å². The smallest absolute Gasteiger partial charge is 0.311 e. The van der Waals surface area contributed by atoms with Gasteiger partial charge in [0, 0.05) is 5.92 Å². The SMILES string of the molecule is CC(C)(C)C(=O)OCC1C(C(=O)O)C1(C)C. The van der Waals surface area contributed by atoms with Gasteiger partial charge in [-0.05, 0) is 26.2 Å². The normalized spacial score (nSPS) is 27.3. The molecular formula is C12H20O4. The highest BCUT2D eigenvalue weighted by molar-refractivity contribution is 5.77. The molecule has 1 rings (SSSR count). The number of ether oxygens (including phenoxy) is 1. The van der Waals surface area contributed by atoms with Gasteiger partial charge in [0.1, 0.15) is 0 Å². The fourth-order valence-corrected chi connectivity index (χ4v) is 1.93. The number of rotatable bonds is 3. The van der Waals surface area contributed by atoms with E-state index < -0.39 is 11.4 Å². The Bertz CT molecular complexity index is 311. The maximum Gasteiger partial charge on any atom is 0.311 e. The number of hydrogen-bond acceptors (Lipinski definition) is 3. The number of carboxylic acid groups (broad SMARTS) is 1. The molecule has 1 aliphatic rings. The molecule has 1 saturated carbocycles. The predicted molar refractivity (Wildman–Crippen MR) is 58.8 cm³/mol. The van der Waals surface area contributed by atoms with E-state index in [0.29, 0.717) is 0 Å². The van der Waals surface area contributed by atoms with E-state index in [2.05, 4.69) is 0 Å². The highest BCUT2D eigenvalue weighted by atomic mass is 16.5. The lowest BCUT2D eigenvalue weighted by Gasteiger charge is -2.16. The van der Waals surface area contributed by atoms with Crippen molar-refractivity contribution in [1.82, 2.24) is 0 Å². The highest BCUT2D eigenvalue weighted by Gasteiger charge is 2.62. The van der Waals surface area contributed by atoms with Gasteiger partial charge in [0.15, 0.2) is 0 Å². The Labute approximate surface area is 96.0 Å². The van der Waals surface area contributed by atoms with Crippen molar-refractivity contribution in [3.63, 3.8) is 0 Å². The molecule has 1 aliphatic carbocycles. The molecule has 0 aromatic heterocycles. The zero-order chi connectivity index (χ0) is 12.7. The average molecular weight is 228 g/mol. The van der Waals surface area contributed by atoms with E-state index in [1.165, 1.54) is 0 Å². The lowest BCUT2D eigenvalue weighted by atomic mass is 9.97. The fourth-order valence-electron chi connectivity index (χ4n) is 1.93. The van der Waals surface area contributed by atoms with Crippen molar-refractivity contribution < 1.29 is 19.4 Å². The number of carbonyl (C=O) groups excluding carboxylic acids is 1. The first-order valence-electron chi connectivity index (χ1n) is 5.48. The topological polar surface area (TPSA) is 63.6 Å². The predicted octanol–water partition coefficient (Wildman–Crippen LogP) is 1.93. The quantitative estimate of drug-likeness (QED) is 0.750. The molecule has 0 aromatic rings. The number of carboxylic acids is 1. The van der Waals surface area contributed by atoms with Crippen LogP contribution in [-0.2, 0) is 14.3 Å². The summed E-state index contributed by atoms with van der Waals surface area (Å²) in [5, 5.41) is 8.94. The summed E-state index contributed by atoms with van der Waals surface area (Å²) in [6.07, 6.45) is 0. The Kier molecular flexibility index (Phi) is 3.05. The molecule has 0 radical (unpaired) electrons. The number of aliphatic carboxylic acids is 1. The zero-order valence-electron chi connectivity index (χ0n) is 10.5. The molecule has 2 atom stereocenters. The summed E-state index contributed by atoms with van der Waals surface area (Å²) in [6.45, 7) is 9.33. The zero-order valence-corrected chi connectivity index (χ0v) is 10.5. The molecule has 92 valence electrons. The monoisotopic (exact) mass is 228 g/mol. The Balaban J connectivity index is 2.48. The van der Waals surface area contributed by atoms with Crippen LogP contribution in [-0.4, -0.2) is 23.7 Å². The minimum atomic E-state index is -0.804. The third-order valence-corrected chi connectivity index (χ3v) is 3.32. The third-order valence-electron chi connectivity index (χ3n) is 3.32. The maximum atomic E-state index is 11.5. The highest BCUT2D eigenvalue weighted by Crippen LogP contribution is 2.58. The van der Waals surface area contributed by atoms with Gasteiger partial charge in [0.25, 0.3) is 0 Å². The summed E-state index contributed by atoms with van der Waals surface area (Å²) in [5.74, 6) is -1.53. The van der Waals surface area contributed by atoms with Crippen LogP contribution in [0.4, 0.5) is 0 Å². The van der Waals surface area contributed by atoms with Crippen LogP contribution in [0, 0.1) is 22.7 Å². The Morgan fingerprint density at radius 3 is 2.12 bits per heavy atom. The van der Waals surface area contributed by atoms with Gasteiger partial charge >= 0.3 is 11.9 Å². The van der Waals surface area contributed by atoms with Gasteiger partial charge in [-0.2, -0.15) is 0 Å². The average Bonchev–Trinajstić information content (AvgIpc) is 2.62. The van der Waals surface area contributed by atoms with Crippen molar-refractivity contribution in [3.8, 4) is 0 Å². The van der Waals surface area contributed by atoms with Crippen molar-refractivity contribution in [2.75, 3.05) is 6.61 Å². The second-order valence-corrected chi connectivity index (χ2v) is 6.09. The molecule has 2 unspecified atom stereocenters. The number of hydrogen-bond donors (Lipinski definition) is 1. The van der Waals surface area contributed by atoms with E-state index in [1.54, 1.807) is 20.8 Å². The first-order valence-corrected chi connectivity index (χ1v) is 5.48. The molecule has 16 heavy (non-hydrogen) atoms. The molecular weight excluding hydrogens is 208 g/mol. The van der Waals surface area contributed by atoms with E-state index in [4.69, 9.17) is 9.84 Å². The summed E-state index contributed by atoms with van der Waals surface area (Å²) in [6, 6.07) is 0. The second kappa shape index (κ2) is 3.75. The molecule has 0 bridgehead atoms. The minimum Gasteiger partial charge on any atom is -0.481 e. The Morgan fingerprint density at radius 1 is 1.31 bits per heavy atom. The molecule has 1 fully saturated rings. The Morgan fingerprint density at radius 2 is 1.81 bits per heavy atom. The van der Waals surface area contributed by atoms with Crippen molar-refractivity contribution in [1.29, 1.82) is 0 Å². The molecule has 1 N–H and O–H groups in total. The van der Waals surface area contributed by atoms with Crippen LogP contribution in [0.1, 0.15) is 34.6 Å². The van der Waals surface area contributed by atoms with Crippen molar-refractivity contribution in [2.45, 2.75) is 34.6 Å². The first kappa shape index (κ1) is 13.0. The van der Waals surface area contributed by atoms with Crippen molar-refractivity contribution in [2.24, 2.45) is 22.7 Å². The largest absolute Gasteiger partial charge is 0.481 e. The van der Waals surface area contributed by atoms with Gasteiger partial charge in [-0.25, -0.2) is 0 Å². The molecule has 0 spiro atoms. The third kappa shape index (κ3) is 2.36. The molecule has 0 aromatic carbocycles. The summed E-state index contributed by atoms with van der Waals surface area (Å²) in [7, 11) is 0. The number of esters is 1. The first-order chi connectivity index (χ1) is 7.08. The van der Waals surface area contributed by atoms with Crippen LogP contribution in [0.3, 0.4) is 0 Å². The van der Waals surface area contributed by atoms with Gasteiger partial charge in [0.2, 0.25) is 0 Å².